The van der Waals surface area contributed by atoms with Crippen LogP contribution in [0, 0.1) is 0 Å². The fourth-order valence-corrected chi connectivity index (χ4v) is 3.61. The minimum atomic E-state index is -4.43. The largest absolute Gasteiger partial charge is 0.416 e. The molecular weight excluding hydrogens is 397 g/mol. The number of carbonyl (C=O) groups is 2. The average Bonchev–Trinajstić information content (AvgIpc) is 2.72. The Morgan fingerprint density at radius 2 is 1.73 bits per heavy atom. The average molecular weight is 420 g/mol. The number of hydrogen-bond acceptors (Lipinski definition) is 3. The van der Waals surface area contributed by atoms with Gasteiger partial charge in [-0.15, -0.1) is 0 Å². The van der Waals surface area contributed by atoms with Gasteiger partial charge in [-0.25, -0.2) is 0 Å². The highest BCUT2D eigenvalue weighted by Gasteiger charge is 2.37. The monoisotopic (exact) mass is 420 g/mol. The normalized spacial score (nSPS) is 16.0. The van der Waals surface area contributed by atoms with Crippen molar-refractivity contribution in [2.45, 2.75) is 31.4 Å². The summed E-state index contributed by atoms with van der Waals surface area (Å²) in [5, 5.41) is 5.49. The lowest BCUT2D eigenvalue weighted by Gasteiger charge is -2.38. The van der Waals surface area contributed by atoms with Gasteiger partial charge in [-0.1, -0.05) is 18.2 Å². The zero-order chi connectivity index (χ0) is 21.8. The molecule has 160 valence electrons. The first kappa shape index (κ1) is 21.8. The van der Waals surface area contributed by atoms with Crippen molar-refractivity contribution in [3.05, 3.63) is 65.2 Å². The molecule has 5 nitrogen and oxygen atoms in total. The van der Waals surface area contributed by atoms with Gasteiger partial charge in [0, 0.05) is 43.3 Å². The van der Waals surface area contributed by atoms with Crippen LogP contribution in [-0.4, -0.2) is 31.6 Å². The molecule has 1 aliphatic heterocycles. The summed E-state index contributed by atoms with van der Waals surface area (Å²) in [4.78, 5) is 23.7. The molecule has 0 radical (unpaired) electrons. The van der Waals surface area contributed by atoms with E-state index in [1.165, 1.54) is 19.1 Å². The molecule has 1 saturated heterocycles. The van der Waals surface area contributed by atoms with E-state index in [1.54, 1.807) is 30.3 Å². The van der Waals surface area contributed by atoms with E-state index in [1.807, 2.05) is 0 Å². The van der Waals surface area contributed by atoms with Gasteiger partial charge in [-0.05, 0) is 48.7 Å². The molecule has 3 rings (SSSR count). The molecule has 0 aliphatic carbocycles. The number of carbonyl (C=O) groups excluding carboxylic acids is 2. The predicted molar refractivity (Wildman–Crippen MR) is 106 cm³/mol. The molecule has 8 heteroatoms. The number of rotatable bonds is 5. The number of ether oxygens (including phenoxy) is 1. The molecule has 1 fully saturated rings. The van der Waals surface area contributed by atoms with E-state index in [-0.39, 0.29) is 18.4 Å². The van der Waals surface area contributed by atoms with Crippen LogP contribution in [0.2, 0.25) is 0 Å². The van der Waals surface area contributed by atoms with E-state index in [0.29, 0.717) is 42.9 Å². The van der Waals surface area contributed by atoms with Crippen LogP contribution in [-0.2, 0) is 21.1 Å². The molecule has 1 heterocycles. The first-order valence-corrected chi connectivity index (χ1v) is 9.61. The summed E-state index contributed by atoms with van der Waals surface area (Å²) < 4.78 is 45.0. The standard InChI is InChI=1S/C22H23F3N2O3/c1-15(28)27-19-7-5-16(6-8-19)20(29)26-14-21(9-11-30-12-10-21)17-3-2-4-18(13-17)22(23,24)25/h2-8,13H,9-12,14H2,1H3,(H,26,29)(H,27,28). The van der Waals surface area contributed by atoms with Gasteiger partial charge >= 0.3 is 6.18 Å². The third-order valence-electron chi connectivity index (χ3n) is 5.31. The number of hydrogen-bond donors (Lipinski definition) is 2. The van der Waals surface area contributed by atoms with E-state index in [2.05, 4.69) is 10.6 Å². The fourth-order valence-electron chi connectivity index (χ4n) is 3.61. The molecule has 2 aromatic rings. The number of nitrogens with one attached hydrogen (secondary N) is 2. The molecule has 0 unspecified atom stereocenters. The molecule has 0 spiro atoms. The van der Waals surface area contributed by atoms with Crippen molar-refractivity contribution in [1.82, 2.24) is 5.32 Å². The molecule has 0 saturated carbocycles. The maximum Gasteiger partial charge on any atom is 0.416 e. The molecule has 2 N–H and O–H groups in total. The van der Waals surface area contributed by atoms with Crippen LogP contribution in [0.3, 0.4) is 0 Å². The second-order valence-electron chi connectivity index (χ2n) is 7.41. The van der Waals surface area contributed by atoms with Crippen LogP contribution < -0.4 is 10.6 Å². The molecular formula is C22H23F3N2O3. The van der Waals surface area contributed by atoms with Gasteiger partial charge in [0.2, 0.25) is 5.91 Å². The quantitative estimate of drug-likeness (QED) is 0.764. The van der Waals surface area contributed by atoms with Gasteiger partial charge in [0.25, 0.3) is 5.91 Å². The summed E-state index contributed by atoms with van der Waals surface area (Å²) in [6, 6.07) is 11.7. The van der Waals surface area contributed by atoms with Crippen LogP contribution in [0.25, 0.3) is 0 Å². The minimum absolute atomic E-state index is 0.198. The first-order valence-electron chi connectivity index (χ1n) is 9.61. The Morgan fingerprint density at radius 3 is 2.33 bits per heavy atom. The van der Waals surface area contributed by atoms with Crippen LogP contribution in [0.1, 0.15) is 41.3 Å². The topological polar surface area (TPSA) is 67.4 Å². The summed E-state index contributed by atoms with van der Waals surface area (Å²) in [6.45, 7) is 2.42. The second-order valence-corrected chi connectivity index (χ2v) is 7.41. The highest BCUT2D eigenvalue weighted by molar-refractivity contribution is 5.95. The molecule has 0 atom stereocenters. The smallest absolute Gasteiger partial charge is 0.381 e. The Morgan fingerprint density at radius 1 is 1.07 bits per heavy atom. The third-order valence-corrected chi connectivity index (χ3v) is 5.31. The van der Waals surface area contributed by atoms with Crippen LogP contribution in [0.15, 0.2) is 48.5 Å². The lowest BCUT2D eigenvalue weighted by atomic mass is 9.73. The number of anilines is 1. The number of benzene rings is 2. The fraction of sp³-hybridized carbons (Fsp3) is 0.364. The second kappa shape index (κ2) is 8.87. The van der Waals surface area contributed by atoms with Gasteiger partial charge in [-0.3, -0.25) is 9.59 Å². The van der Waals surface area contributed by atoms with E-state index in [9.17, 15) is 22.8 Å². The van der Waals surface area contributed by atoms with Crippen molar-refractivity contribution in [3.63, 3.8) is 0 Å². The zero-order valence-corrected chi connectivity index (χ0v) is 16.5. The number of alkyl halides is 3. The van der Waals surface area contributed by atoms with Crippen LogP contribution in [0.5, 0.6) is 0 Å². The Bertz CT molecular complexity index is 905. The number of halogens is 3. The van der Waals surface area contributed by atoms with Crippen molar-refractivity contribution in [2.24, 2.45) is 0 Å². The first-order chi connectivity index (χ1) is 14.2. The third kappa shape index (κ3) is 5.18. The van der Waals surface area contributed by atoms with Crippen molar-refractivity contribution in [1.29, 1.82) is 0 Å². The summed E-state index contributed by atoms with van der Waals surface area (Å²) >= 11 is 0. The maximum absolute atomic E-state index is 13.2. The highest BCUT2D eigenvalue weighted by Crippen LogP contribution is 2.37. The molecule has 2 aromatic carbocycles. The lowest BCUT2D eigenvalue weighted by Crippen LogP contribution is -2.44. The maximum atomic E-state index is 13.2. The Balaban J connectivity index is 1.77. The van der Waals surface area contributed by atoms with Gasteiger partial charge < -0.3 is 15.4 Å². The SMILES string of the molecule is CC(=O)Nc1ccc(C(=O)NCC2(c3cccc(C(F)(F)F)c3)CCOCC2)cc1. The highest BCUT2D eigenvalue weighted by atomic mass is 19.4. The van der Waals surface area contributed by atoms with E-state index >= 15 is 0 Å². The van der Waals surface area contributed by atoms with Gasteiger partial charge in [0.05, 0.1) is 5.56 Å². The Labute approximate surface area is 172 Å². The van der Waals surface area contributed by atoms with Crippen molar-refractivity contribution < 1.29 is 27.5 Å². The van der Waals surface area contributed by atoms with Gasteiger partial charge in [0.1, 0.15) is 0 Å². The molecule has 1 aliphatic rings. The minimum Gasteiger partial charge on any atom is -0.381 e. The summed E-state index contributed by atoms with van der Waals surface area (Å²) in [7, 11) is 0. The predicted octanol–water partition coefficient (Wildman–Crippen LogP) is 4.14. The van der Waals surface area contributed by atoms with Crippen LogP contribution in [0.4, 0.5) is 18.9 Å². The van der Waals surface area contributed by atoms with Gasteiger partial charge in [0.15, 0.2) is 0 Å². The molecule has 0 aromatic heterocycles. The van der Waals surface area contributed by atoms with E-state index in [4.69, 9.17) is 4.74 Å². The van der Waals surface area contributed by atoms with Crippen LogP contribution >= 0.6 is 0 Å². The zero-order valence-electron chi connectivity index (χ0n) is 16.5. The molecule has 2 amide bonds. The van der Waals surface area contributed by atoms with Crippen molar-refractivity contribution in [2.75, 3.05) is 25.1 Å². The lowest BCUT2D eigenvalue weighted by molar-refractivity contribution is -0.137. The Hall–Kier alpha value is -2.87. The summed E-state index contributed by atoms with van der Waals surface area (Å²) in [5.74, 6) is -0.544. The number of amides is 2. The van der Waals surface area contributed by atoms with Gasteiger partial charge in [-0.2, -0.15) is 13.2 Å². The van der Waals surface area contributed by atoms with E-state index < -0.39 is 17.2 Å². The van der Waals surface area contributed by atoms with Crippen molar-refractivity contribution in [3.8, 4) is 0 Å². The van der Waals surface area contributed by atoms with E-state index in [0.717, 1.165) is 6.07 Å². The van der Waals surface area contributed by atoms with Crippen molar-refractivity contribution >= 4 is 17.5 Å². The molecule has 30 heavy (non-hydrogen) atoms. The summed E-state index contributed by atoms with van der Waals surface area (Å²) in [6.07, 6.45) is -3.41. The Kier molecular flexibility index (Phi) is 6.45. The summed E-state index contributed by atoms with van der Waals surface area (Å²) in [5.41, 5.74) is 0.178. The molecule has 0 bridgehead atoms.